The molecule has 0 atom stereocenters. The summed E-state index contributed by atoms with van der Waals surface area (Å²) >= 11 is 6.62. The van der Waals surface area contributed by atoms with E-state index in [4.69, 9.17) is 11.6 Å². The minimum absolute atomic E-state index is 0.0690. The number of anilines is 1. The lowest BCUT2D eigenvalue weighted by Crippen LogP contribution is -2.27. The molecule has 0 radical (unpaired) electrons. The Balaban J connectivity index is 1.45. The zero-order valence-electron chi connectivity index (χ0n) is 19.0. The van der Waals surface area contributed by atoms with E-state index in [2.05, 4.69) is 5.32 Å². The molecule has 1 heterocycles. The van der Waals surface area contributed by atoms with Crippen molar-refractivity contribution in [1.82, 2.24) is 4.90 Å². The predicted octanol–water partition coefficient (Wildman–Crippen LogP) is 6.76. The third-order valence-corrected chi connectivity index (χ3v) is 6.59. The first kappa shape index (κ1) is 26.9. The van der Waals surface area contributed by atoms with Crippen LogP contribution in [0.3, 0.4) is 0 Å². The smallest absolute Gasteiger partial charge is 0.321 e. The first-order chi connectivity index (χ1) is 17.9. The average Bonchev–Trinajstić information content (AvgIpc) is 3.12. The highest BCUT2D eigenvalue weighted by atomic mass is 35.5. The number of non-ortho nitro benzene ring substituents is 1. The van der Waals surface area contributed by atoms with Crippen molar-refractivity contribution in [2.24, 2.45) is 0 Å². The molecule has 0 bridgehead atoms. The van der Waals surface area contributed by atoms with Gasteiger partial charge in [-0.15, -0.1) is 0 Å². The number of imide groups is 1. The number of nitrogens with one attached hydrogen (secondary N) is 1. The Kier molecular flexibility index (Phi) is 7.56. The summed E-state index contributed by atoms with van der Waals surface area (Å²) in [5, 5.41) is 12.7. The van der Waals surface area contributed by atoms with E-state index in [1.807, 2.05) is 0 Å². The molecule has 1 aliphatic rings. The summed E-state index contributed by atoms with van der Waals surface area (Å²) in [5.74, 6) is -1.28. The van der Waals surface area contributed by atoms with E-state index in [-0.39, 0.29) is 33.4 Å². The lowest BCUT2D eigenvalue weighted by Gasteiger charge is -2.13. The number of benzene rings is 3. The number of carbonyl (C=O) groups is 3. The van der Waals surface area contributed by atoms with Crippen molar-refractivity contribution in [2.45, 2.75) is 12.7 Å². The van der Waals surface area contributed by atoms with Gasteiger partial charge in [0.15, 0.2) is 0 Å². The molecular formula is C25H15ClF3N3O5S. The first-order valence-corrected chi connectivity index (χ1v) is 11.9. The number of alkyl halides is 3. The average molecular weight is 562 g/mol. The van der Waals surface area contributed by atoms with Crippen molar-refractivity contribution >= 4 is 57.9 Å². The molecule has 13 heteroatoms. The molecule has 38 heavy (non-hydrogen) atoms. The number of rotatable bonds is 6. The third kappa shape index (κ3) is 6.03. The molecule has 194 valence electrons. The Bertz CT molecular complexity index is 1490. The highest BCUT2D eigenvalue weighted by Gasteiger charge is 2.35. The van der Waals surface area contributed by atoms with Gasteiger partial charge in [-0.2, -0.15) is 13.2 Å². The summed E-state index contributed by atoms with van der Waals surface area (Å²) in [7, 11) is 0. The van der Waals surface area contributed by atoms with Gasteiger partial charge in [0.25, 0.3) is 22.7 Å². The standard InChI is InChI=1S/C25H15ClF3N3O5S/c26-19-9-8-17(25(27,28)29)12-20(19)30-22(33)16-6-4-14(5-7-16)13-31-23(34)21(38-24(31)35)11-15-2-1-3-18(10-15)32(36)37/h1-12H,13H2,(H,30,33)/b21-11-. The monoisotopic (exact) mass is 561 g/mol. The molecule has 0 aromatic heterocycles. The van der Waals surface area contributed by atoms with Gasteiger partial charge in [-0.1, -0.05) is 35.9 Å². The van der Waals surface area contributed by atoms with Gasteiger partial charge < -0.3 is 5.32 Å². The molecule has 0 saturated carbocycles. The summed E-state index contributed by atoms with van der Waals surface area (Å²) in [5.41, 5.74) is -0.314. The van der Waals surface area contributed by atoms with Gasteiger partial charge in [0, 0.05) is 17.7 Å². The van der Waals surface area contributed by atoms with Gasteiger partial charge in [-0.25, -0.2) is 0 Å². The molecule has 4 rings (SSSR count). The fraction of sp³-hybridized carbons (Fsp3) is 0.0800. The minimum atomic E-state index is -4.61. The zero-order chi connectivity index (χ0) is 27.6. The fourth-order valence-electron chi connectivity index (χ4n) is 3.45. The second-order valence-corrected chi connectivity index (χ2v) is 9.36. The van der Waals surface area contributed by atoms with Crippen LogP contribution in [0.1, 0.15) is 27.0 Å². The molecule has 1 fully saturated rings. The van der Waals surface area contributed by atoms with Gasteiger partial charge in [0.2, 0.25) is 0 Å². The SMILES string of the molecule is O=C(Nc1cc(C(F)(F)F)ccc1Cl)c1ccc(CN2C(=O)S/C(=C\c3cccc([N+](=O)[O-])c3)C2=O)cc1. The Morgan fingerprint density at radius 1 is 1.08 bits per heavy atom. The minimum Gasteiger partial charge on any atom is -0.321 e. The summed E-state index contributed by atoms with van der Waals surface area (Å²) in [6.07, 6.45) is -3.22. The molecule has 3 amide bonds. The number of amides is 3. The van der Waals surface area contributed by atoms with Gasteiger partial charge in [0.05, 0.1) is 32.6 Å². The number of nitro benzene ring substituents is 1. The second kappa shape index (κ2) is 10.7. The number of halogens is 4. The topological polar surface area (TPSA) is 110 Å². The molecule has 0 unspecified atom stereocenters. The van der Waals surface area contributed by atoms with Crippen molar-refractivity contribution in [3.8, 4) is 0 Å². The molecule has 0 aliphatic carbocycles. The van der Waals surface area contributed by atoms with E-state index < -0.39 is 33.7 Å². The Morgan fingerprint density at radius 2 is 1.79 bits per heavy atom. The summed E-state index contributed by atoms with van der Waals surface area (Å²) in [6, 6.07) is 14.0. The predicted molar refractivity (Wildman–Crippen MR) is 135 cm³/mol. The van der Waals surface area contributed by atoms with Crippen molar-refractivity contribution in [3.63, 3.8) is 0 Å². The van der Waals surface area contributed by atoms with Crippen LogP contribution in [0.25, 0.3) is 6.08 Å². The molecule has 1 N–H and O–H groups in total. The Morgan fingerprint density at radius 3 is 2.45 bits per heavy atom. The van der Waals surface area contributed by atoms with Crippen LogP contribution in [0.15, 0.2) is 71.6 Å². The number of thioether (sulfide) groups is 1. The van der Waals surface area contributed by atoms with E-state index in [1.54, 1.807) is 6.07 Å². The highest BCUT2D eigenvalue weighted by Crippen LogP contribution is 2.35. The van der Waals surface area contributed by atoms with Crippen molar-refractivity contribution in [1.29, 1.82) is 0 Å². The number of carbonyl (C=O) groups excluding carboxylic acids is 3. The molecular weight excluding hydrogens is 547 g/mol. The molecule has 1 saturated heterocycles. The van der Waals surface area contributed by atoms with Crippen LogP contribution >= 0.6 is 23.4 Å². The van der Waals surface area contributed by atoms with Crippen LogP contribution in [-0.2, 0) is 17.5 Å². The van der Waals surface area contributed by atoms with Crippen molar-refractivity contribution in [2.75, 3.05) is 5.32 Å². The van der Waals surface area contributed by atoms with E-state index in [0.29, 0.717) is 22.9 Å². The summed E-state index contributed by atoms with van der Waals surface area (Å²) in [6.45, 7) is -0.0989. The van der Waals surface area contributed by atoms with Crippen LogP contribution in [-0.4, -0.2) is 26.9 Å². The lowest BCUT2D eigenvalue weighted by molar-refractivity contribution is -0.384. The maximum absolute atomic E-state index is 13.0. The van der Waals surface area contributed by atoms with Crippen molar-refractivity contribution < 1.29 is 32.5 Å². The number of hydrogen-bond donors (Lipinski definition) is 1. The van der Waals surface area contributed by atoms with Crippen LogP contribution in [0.4, 0.5) is 29.3 Å². The van der Waals surface area contributed by atoms with Gasteiger partial charge >= 0.3 is 6.18 Å². The first-order valence-electron chi connectivity index (χ1n) is 10.7. The summed E-state index contributed by atoms with van der Waals surface area (Å²) in [4.78, 5) is 49.2. The molecule has 1 aliphatic heterocycles. The van der Waals surface area contributed by atoms with Crippen LogP contribution < -0.4 is 5.32 Å². The van der Waals surface area contributed by atoms with Gasteiger partial charge in [0.1, 0.15) is 0 Å². The van der Waals surface area contributed by atoms with Gasteiger partial charge in [-0.05, 0) is 59.3 Å². The normalized spacial score (nSPS) is 14.7. The summed E-state index contributed by atoms with van der Waals surface area (Å²) < 4.78 is 38.9. The van der Waals surface area contributed by atoms with Gasteiger partial charge in [-0.3, -0.25) is 29.4 Å². The van der Waals surface area contributed by atoms with Crippen LogP contribution in [0.2, 0.25) is 5.02 Å². The van der Waals surface area contributed by atoms with E-state index in [0.717, 1.165) is 23.1 Å². The van der Waals surface area contributed by atoms with Crippen LogP contribution in [0.5, 0.6) is 0 Å². The fourth-order valence-corrected chi connectivity index (χ4v) is 4.45. The van der Waals surface area contributed by atoms with E-state index in [1.165, 1.54) is 48.5 Å². The quantitative estimate of drug-likeness (QED) is 0.202. The second-order valence-electron chi connectivity index (χ2n) is 7.96. The molecule has 8 nitrogen and oxygen atoms in total. The number of nitro groups is 1. The third-order valence-electron chi connectivity index (χ3n) is 5.35. The maximum Gasteiger partial charge on any atom is 0.416 e. The maximum atomic E-state index is 13.0. The molecule has 3 aromatic rings. The molecule has 3 aromatic carbocycles. The van der Waals surface area contributed by atoms with Crippen molar-refractivity contribution in [3.05, 3.63) is 109 Å². The zero-order valence-corrected chi connectivity index (χ0v) is 20.6. The highest BCUT2D eigenvalue weighted by molar-refractivity contribution is 8.18. The number of nitrogens with zero attached hydrogens (tertiary/aromatic N) is 2. The Hall–Kier alpha value is -4.16. The molecule has 0 spiro atoms. The van der Waals surface area contributed by atoms with Crippen LogP contribution in [0, 0.1) is 10.1 Å². The largest absolute Gasteiger partial charge is 0.416 e. The lowest BCUT2D eigenvalue weighted by atomic mass is 10.1. The van der Waals surface area contributed by atoms with E-state index in [9.17, 15) is 37.7 Å². The Labute approximate surface area is 222 Å². The van der Waals surface area contributed by atoms with E-state index >= 15 is 0 Å². The number of hydrogen-bond acceptors (Lipinski definition) is 6.